The topological polar surface area (TPSA) is 58.6 Å². The van der Waals surface area contributed by atoms with E-state index < -0.39 is 12.2 Å². The van der Waals surface area contributed by atoms with Crippen LogP contribution in [-0.4, -0.2) is 23.7 Å². The Morgan fingerprint density at radius 2 is 1.86 bits per heavy atom. The third-order valence-electron chi connectivity index (χ3n) is 3.35. The predicted molar refractivity (Wildman–Crippen MR) is 84.2 cm³/mol. The first-order chi connectivity index (χ1) is 9.93. The molecule has 0 fully saturated rings. The molecule has 0 heterocycles. The van der Waals surface area contributed by atoms with Crippen LogP contribution in [0.2, 0.25) is 0 Å². The minimum atomic E-state index is -0.529. The largest absolute Gasteiger partial charge is 0.481 e. The van der Waals surface area contributed by atoms with Gasteiger partial charge in [-0.2, -0.15) is 0 Å². The molecule has 1 aromatic rings. The Balaban J connectivity index is 2.46. The fraction of sp³-hybridized carbons (Fsp3) is 0.588. The van der Waals surface area contributed by atoms with Crippen molar-refractivity contribution in [2.75, 3.05) is 6.54 Å². The number of hydrogen-bond donors (Lipinski definition) is 2. The smallest absolute Gasteiger partial charge is 0.260 e. The molecule has 2 atom stereocenters. The van der Waals surface area contributed by atoms with Gasteiger partial charge in [0.05, 0.1) is 6.10 Å². The molecule has 0 aliphatic carbocycles. The number of rotatable bonds is 8. The van der Waals surface area contributed by atoms with E-state index in [1.54, 1.807) is 19.1 Å². The van der Waals surface area contributed by atoms with E-state index in [2.05, 4.69) is 19.2 Å². The van der Waals surface area contributed by atoms with Crippen molar-refractivity contribution in [3.63, 3.8) is 0 Å². The van der Waals surface area contributed by atoms with Crippen LogP contribution in [0.15, 0.2) is 24.3 Å². The van der Waals surface area contributed by atoms with Crippen molar-refractivity contribution in [3.05, 3.63) is 29.8 Å². The second-order valence-electron chi connectivity index (χ2n) is 5.73. The third kappa shape index (κ3) is 6.17. The molecule has 118 valence electrons. The van der Waals surface area contributed by atoms with Gasteiger partial charge in [0.15, 0.2) is 6.10 Å². The summed E-state index contributed by atoms with van der Waals surface area (Å²) < 4.78 is 5.61. The quantitative estimate of drug-likeness (QED) is 0.774. The average molecular weight is 293 g/mol. The van der Waals surface area contributed by atoms with Gasteiger partial charge in [0, 0.05) is 6.54 Å². The number of carbonyl (C=O) groups is 1. The third-order valence-corrected chi connectivity index (χ3v) is 3.35. The van der Waals surface area contributed by atoms with Crippen LogP contribution in [0.4, 0.5) is 0 Å². The molecule has 1 amide bonds. The minimum Gasteiger partial charge on any atom is -0.481 e. The van der Waals surface area contributed by atoms with Crippen molar-refractivity contribution in [2.45, 2.75) is 52.7 Å². The predicted octanol–water partition coefficient (Wildman–Crippen LogP) is 3.06. The molecule has 0 aliphatic heterocycles. The van der Waals surface area contributed by atoms with Gasteiger partial charge >= 0.3 is 0 Å². The number of hydrogen-bond acceptors (Lipinski definition) is 3. The van der Waals surface area contributed by atoms with Crippen LogP contribution in [0.5, 0.6) is 5.75 Å². The van der Waals surface area contributed by atoms with Crippen LogP contribution in [0.1, 0.15) is 52.2 Å². The van der Waals surface area contributed by atoms with Gasteiger partial charge in [0.1, 0.15) is 5.75 Å². The maximum absolute atomic E-state index is 11.9. The maximum atomic E-state index is 11.9. The molecule has 0 aromatic heterocycles. The first-order valence-corrected chi connectivity index (χ1v) is 7.66. The molecule has 4 nitrogen and oxygen atoms in total. The van der Waals surface area contributed by atoms with Gasteiger partial charge in [-0.25, -0.2) is 0 Å². The van der Waals surface area contributed by atoms with Gasteiger partial charge in [-0.1, -0.05) is 32.9 Å². The molecular formula is C17H27NO3. The molecule has 0 saturated carbocycles. The second-order valence-corrected chi connectivity index (χ2v) is 5.73. The molecule has 0 bridgehead atoms. The molecule has 0 saturated heterocycles. The summed E-state index contributed by atoms with van der Waals surface area (Å²) in [5.74, 6) is 1.10. The van der Waals surface area contributed by atoms with Gasteiger partial charge in [-0.3, -0.25) is 4.79 Å². The maximum Gasteiger partial charge on any atom is 0.260 e. The zero-order valence-electron chi connectivity index (χ0n) is 13.4. The van der Waals surface area contributed by atoms with E-state index in [0.717, 1.165) is 12.0 Å². The van der Waals surface area contributed by atoms with Crippen molar-refractivity contribution in [1.29, 1.82) is 0 Å². The molecule has 2 unspecified atom stereocenters. The lowest BCUT2D eigenvalue weighted by molar-refractivity contribution is -0.127. The average Bonchev–Trinajstić information content (AvgIpc) is 2.46. The fourth-order valence-electron chi connectivity index (χ4n) is 1.89. The standard InChI is InChI=1S/C17H27NO3/c1-5-16(19)14-6-8-15(9-7-14)21-13(4)17(20)18-11-10-12(2)3/h6-9,12-13,16,19H,5,10-11H2,1-4H3,(H,18,20). The Bertz CT molecular complexity index is 428. The molecule has 4 heteroatoms. The highest BCUT2D eigenvalue weighted by atomic mass is 16.5. The van der Waals surface area contributed by atoms with E-state index in [4.69, 9.17) is 4.74 Å². The van der Waals surface area contributed by atoms with Crippen molar-refractivity contribution in [1.82, 2.24) is 5.32 Å². The summed E-state index contributed by atoms with van der Waals surface area (Å²) in [6.07, 6.45) is 0.659. The van der Waals surface area contributed by atoms with Crippen LogP contribution in [0, 0.1) is 5.92 Å². The minimum absolute atomic E-state index is 0.103. The Morgan fingerprint density at radius 1 is 1.24 bits per heavy atom. The van der Waals surface area contributed by atoms with Gasteiger partial charge in [-0.15, -0.1) is 0 Å². The van der Waals surface area contributed by atoms with Crippen LogP contribution >= 0.6 is 0 Å². The van der Waals surface area contributed by atoms with E-state index in [0.29, 0.717) is 24.6 Å². The molecule has 0 aliphatic rings. The lowest BCUT2D eigenvalue weighted by atomic mass is 10.1. The normalized spacial score (nSPS) is 13.8. The molecule has 0 spiro atoms. The number of carbonyl (C=O) groups excluding carboxylic acids is 1. The van der Waals surface area contributed by atoms with Crippen LogP contribution < -0.4 is 10.1 Å². The number of nitrogens with one attached hydrogen (secondary N) is 1. The highest BCUT2D eigenvalue weighted by Gasteiger charge is 2.14. The van der Waals surface area contributed by atoms with Crippen molar-refractivity contribution in [2.24, 2.45) is 5.92 Å². The highest BCUT2D eigenvalue weighted by molar-refractivity contribution is 5.80. The monoisotopic (exact) mass is 293 g/mol. The highest BCUT2D eigenvalue weighted by Crippen LogP contribution is 2.20. The Labute approximate surface area is 127 Å². The van der Waals surface area contributed by atoms with E-state index in [-0.39, 0.29) is 5.91 Å². The van der Waals surface area contributed by atoms with E-state index >= 15 is 0 Å². The first-order valence-electron chi connectivity index (χ1n) is 7.66. The van der Waals surface area contributed by atoms with Gasteiger partial charge < -0.3 is 15.2 Å². The summed E-state index contributed by atoms with van der Waals surface area (Å²) in [5.41, 5.74) is 0.860. The summed E-state index contributed by atoms with van der Waals surface area (Å²) in [6.45, 7) is 8.58. The molecule has 2 N–H and O–H groups in total. The summed E-state index contributed by atoms with van der Waals surface area (Å²) in [6, 6.07) is 7.22. The molecule has 21 heavy (non-hydrogen) atoms. The van der Waals surface area contributed by atoms with Crippen LogP contribution in [-0.2, 0) is 4.79 Å². The Hall–Kier alpha value is -1.55. The van der Waals surface area contributed by atoms with E-state index in [1.807, 2.05) is 19.1 Å². The summed E-state index contributed by atoms with van der Waals surface area (Å²) in [4.78, 5) is 11.9. The Kier molecular flexibility index (Phi) is 7.23. The van der Waals surface area contributed by atoms with Crippen LogP contribution in [0.25, 0.3) is 0 Å². The van der Waals surface area contributed by atoms with Gasteiger partial charge in [0.2, 0.25) is 0 Å². The molecule has 1 aromatic carbocycles. The zero-order valence-corrected chi connectivity index (χ0v) is 13.4. The van der Waals surface area contributed by atoms with E-state index in [1.165, 1.54) is 0 Å². The SMILES string of the molecule is CCC(O)c1ccc(OC(C)C(=O)NCCC(C)C)cc1. The van der Waals surface area contributed by atoms with Gasteiger partial charge in [0.25, 0.3) is 5.91 Å². The second kappa shape index (κ2) is 8.67. The number of aliphatic hydroxyl groups excluding tert-OH is 1. The van der Waals surface area contributed by atoms with Gasteiger partial charge in [-0.05, 0) is 43.4 Å². The number of amides is 1. The van der Waals surface area contributed by atoms with Crippen LogP contribution in [0.3, 0.4) is 0 Å². The summed E-state index contributed by atoms with van der Waals surface area (Å²) in [7, 11) is 0. The Morgan fingerprint density at radius 3 is 2.38 bits per heavy atom. The fourth-order valence-corrected chi connectivity index (χ4v) is 1.89. The van der Waals surface area contributed by atoms with Crippen molar-refractivity contribution < 1.29 is 14.6 Å². The molecule has 0 radical (unpaired) electrons. The summed E-state index contributed by atoms with van der Waals surface area (Å²) >= 11 is 0. The lowest BCUT2D eigenvalue weighted by Crippen LogP contribution is -2.37. The molecule has 1 rings (SSSR count). The zero-order chi connectivity index (χ0) is 15.8. The molecular weight excluding hydrogens is 266 g/mol. The number of benzene rings is 1. The number of ether oxygens (including phenoxy) is 1. The first kappa shape index (κ1) is 17.5. The summed E-state index contributed by atoms with van der Waals surface area (Å²) in [5, 5.41) is 12.6. The van der Waals surface area contributed by atoms with Crippen molar-refractivity contribution in [3.8, 4) is 5.75 Å². The van der Waals surface area contributed by atoms with E-state index in [9.17, 15) is 9.90 Å². The number of aliphatic hydroxyl groups is 1. The lowest BCUT2D eigenvalue weighted by Gasteiger charge is -2.16. The van der Waals surface area contributed by atoms with Crippen molar-refractivity contribution >= 4 is 5.91 Å².